The molecule has 3 N–H and O–H groups in total. The van der Waals surface area contributed by atoms with E-state index in [4.69, 9.17) is 15.2 Å². The van der Waals surface area contributed by atoms with E-state index >= 15 is 0 Å². The molecule has 3 aromatic rings. The number of sulfonamides is 1. The van der Waals surface area contributed by atoms with E-state index in [1.54, 1.807) is 25.3 Å². The van der Waals surface area contributed by atoms with E-state index < -0.39 is 21.6 Å². The van der Waals surface area contributed by atoms with Crippen LogP contribution in [0.4, 0.5) is 10.2 Å². The highest BCUT2D eigenvalue weighted by molar-refractivity contribution is 7.89. The van der Waals surface area contributed by atoms with Crippen LogP contribution in [0.15, 0.2) is 12.1 Å². The molecule has 12 heteroatoms. The first kappa shape index (κ1) is 23.2. The largest absolute Gasteiger partial charge is 0.454 e. The highest BCUT2D eigenvalue weighted by Crippen LogP contribution is 2.35. The maximum absolute atomic E-state index is 13.9. The Kier molecular flexibility index (Phi) is 5.91. The first-order valence-corrected chi connectivity index (χ1v) is 12.2. The summed E-state index contributed by atoms with van der Waals surface area (Å²) in [4.78, 5) is 12.0. The molecule has 33 heavy (non-hydrogen) atoms. The van der Waals surface area contributed by atoms with Gasteiger partial charge in [-0.3, -0.25) is 0 Å². The fraction of sp³-hybridized carbons (Fsp3) is 0.476. The predicted molar refractivity (Wildman–Crippen MR) is 121 cm³/mol. The lowest BCUT2D eigenvalue weighted by atomic mass is 10.0. The number of nitrogens with zero attached hydrogens (tertiary/aromatic N) is 4. The molecule has 0 amide bonds. The lowest BCUT2D eigenvalue weighted by molar-refractivity contribution is 0.174. The van der Waals surface area contributed by atoms with Gasteiger partial charge in [0.15, 0.2) is 28.5 Å². The van der Waals surface area contributed by atoms with Gasteiger partial charge in [-0.05, 0) is 57.4 Å². The number of aromatic nitrogens is 4. The van der Waals surface area contributed by atoms with Gasteiger partial charge in [0.25, 0.3) is 0 Å². The number of nitrogen functional groups attached to an aromatic ring is 1. The lowest BCUT2D eigenvalue weighted by Crippen LogP contribution is -2.41. The summed E-state index contributed by atoms with van der Waals surface area (Å²) in [7, 11) is -3.49. The van der Waals surface area contributed by atoms with E-state index in [1.165, 1.54) is 0 Å². The Morgan fingerprint density at radius 3 is 2.58 bits per heavy atom. The van der Waals surface area contributed by atoms with Crippen LogP contribution in [0.2, 0.25) is 0 Å². The molecule has 0 spiro atoms. The number of aryl methyl sites for hydroxylation is 2. The summed E-state index contributed by atoms with van der Waals surface area (Å²) < 4.78 is 54.0. The minimum Gasteiger partial charge on any atom is -0.454 e. The molecule has 178 valence electrons. The maximum atomic E-state index is 13.9. The topological polar surface area (TPSA) is 134 Å². The van der Waals surface area contributed by atoms with Gasteiger partial charge in [-0.25, -0.2) is 18.1 Å². The Hall–Kier alpha value is -2.99. The molecule has 1 aliphatic rings. The first-order chi connectivity index (χ1) is 15.4. The van der Waals surface area contributed by atoms with Crippen molar-refractivity contribution in [2.24, 2.45) is 0 Å². The lowest BCUT2D eigenvalue weighted by Gasteiger charge is -2.20. The van der Waals surface area contributed by atoms with Gasteiger partial charge in [-0.15, -0.1) is 0 Å². The summed E-state index contributed by atoms with van der Waals surface area (Å²) in [5.74, 6) is 1.72. The third kappa shape index (κ3) is 5.17. The summed E-state index contributed by atoms with van der Waals surface area (Å²) in [6, 6.07) is 3.78. The zero-order chi connectivity index (χ0) is 24.0. The molecule has 0 bridgehead atoms. The Bertz CT molecular complexity index is 1320. The Morgan fingerprint density at radius 2 is 1.88 bits per heavy atom. The number of nitrogens with two attached hydrogens (primary N) is 1. The molecule has 1 aliphatic heterocycles. The summed E-state index contributed by atoms with van der Waals surface area (Å²) in [6.07, 6.45) is -0.309. The van der Waals surface area contributed by atoms with Crippen LogP contribution in [0.25, 0.3) is 11.2 Å². The highest BCUT2D eigenvalue weighted by atomic mass is 32.2. The molecule has 3 heterocycles. The Morgan fingerprint density at radius 1 is 1.18 bits per heavy atom. The molecule has 0 saturated heterocycles. The van der Waals surface area contributed by atoms with E-state index in [0.717, 1.165) is 11.1 Å². The minimum atomic E-state index is -3.49. The predicted octanol–water partition coefficient (Wildman–Crippen LogP) is 2.28. The van der Waals surface area contributed by atoms with Crippen molar-refractivity contribution >= 4 is 27.0 Å². The number of halogens is 1. The van der Waals surface area contributed by atoms with Crippen molar-refractivity contribution in [3.63, 3.8) is 0 Å². The van der Waals surface area contributed by atoms with Gasteiger partial charge in [-0.2, -0.15) is 14.4 Å². The molecule has 10 nitrogen and oxygen atoms in total. The summed E-state index contributed by atoms with van der Waals surface area (Å²) in [6.45, 7) is 7.71. The molecular formula is C21H27FN6O4S. The number of hydrogen-bond donors (Lipinski definition) is 2. The van der Waals surface area contributed by atoms with Crippen LogP contribution in [0.3, 0.4) is 0 Å². The Balaban J connectivity index is 1.66. The van der Waals surface area contributed by atoms with Gasteiger partial charge in [0.05, 0.1) is 5.75 Å². The van der Waals surface area contributed by atoms with Crippen LogP contribution in [-0.4, -0.2) is 46.0 Å². The number of nitrogens with one attached hydrogen (secondary N) is 1. The second-order valence-corrected chi connectivity index (χ2v) is 10.9. The maximum Gasteiger partial charge on any atom is 0.312 e. The highest BCUT2D eigenvalue weighted by Gasteiger charge is 2.22. The molecule has 4 rings (SSSR count). The van der Waals surface area contributed by atoms with E-state index in [0.29, 0.717) is 23.7 Å². The van der Waals surface area contributed by atoms with E-state index in [-0.39, 0.29) is 42.5 Å². The fourth-order valence-electron chi connectivity index (χ4n) is 3.79. The van der Waals surface area contributed by atoms with Crippen LogP contribution in [0.1, 0.15) is 44.1 Å². The van der Waals surface area contributed by atoms with Crippen LogP contribution >= 0.6 is 0 Å². The molecule has 0 radical (unpaired) electrons. The number of benzene rings is 1. The van der Waals surface area contributed by atoms with Crippen molar-refractivity contribution in [2.45, 2.75) is 52.6 Å². The van der Waals surface area contributed by atoms with Gasteiger partial charge in [0.1, 0.15) is 5.82 Å². The van der Waals surface area contributed by atoms with E-state index in [1.807, 2.05) is 19.1 Å². The van der Waals surface area contributed by atoms with Crippen molar-refractivity contribution in [3.8, 4) is 11.5 Å². The number of fused-ring (bicyclic) bond motifs is 2. The van der Waals surface area contributed by atoms with Crippen molar-refractivity contribution in [1.82, 2.24) is 24.2 Å². The number of imidazole rings is 1. The van der Waals surface area contributed by atoms with Crippen molar-refractivity contribution in [1.29, 1.82) is 0 Å². The van der Waals surface area contributed by atoms with Crippen LogP contribution in [-0.2, 0) is 23.0 Å². The number of anilines is 1. The van der Waals surface area contributed by atoms with Gasteiger partial charge >= 0.3 is 6.08 Å². The summed E-state index contributed by atoms with van der Waals surface area (Å²) in [5, 5.41) is 0. The average Bonchev–Trinajstić information content (AvgIpc) is 3.25. The van der Waals surface area contributed by atoms with Crippen molar-refractivity contribution in [3.05, 3.63) is 35.2 Å². The molecule has 2 aromatic heterocycles. The number of hydrogen-bond acceptors (Lipinski definition) is 8. The third-order valence-corrected chi connectivity index (χ3v) is 6.86. The monoisotopic (exact) mass is 478 g/mol. The van der Waals surface area contributed by atoms with Gasteiger partial charge < -0.3 is 19.8 Å². The molecule has 0 aliphatic carbocycles. The average molecular weight is 479 g/mol. The first-order valence-electron chi connectivity index (χ1n) is 10.5. The van der Waals surface area contributed by atoms with E-state index in [2.05, 4.69) is 19.7 Å². The van der Waals surface area contributed by atoms with Gasteiger partial charge in [0, 0.05) is 18.5 Å². The van der Waals surface area contributed by atoms with Crippen molar-refractivity contribution in [2.75, 3.05) is 18.3 Å². The van der Waals surface area contributed by atoms with Crippen LogP contribution < -0.4 is 19.9 Å². The minimum absolute atomic E-state index is 0.0677. The molecular weight excluding hydrogens is 451 g/mol. The summed E-state index contributed by atoms with van der Waals surface area (Å²) in [5.41, 5.74) is 7.73. The zero-order valence-corrected chi connectivity index (χ0v) is 19.8. The van der Waals surface area contributed by atoms with Crippen molar-refractivity contribution < 1.29 is 22.3 Å². The summed E-state index contributed by atoms with van der Waals surface area (Å²) >= 11 is 0. The SMILES string of the molecule is Cc1cc2c(cc1Cc1nc3c(N)nc(F)nc3n1CCCS(=O)(=O)NC(C)(C)C)OCO2. The van der Waals surface area contributed by atoms with Gasteiger partial charge in [0.2, 0.25) is 16.8 Å². The second kappa shape index (κ2) is 8.41. The Labute approximate surface area is 191 Å². The number of rotatable bonds is 7. The molecule has 0 atom stereocenters. The quantitative estimate of drug-likeness (QED) is 0.494. The second-order valence-electron chi connectivity index (χ2n) is 9.06. The number of ether oxygens (including phenoxy) is 2. The smallest absolute Gasteiger partial charge is 0.312 e. The van der Waals surface area contributed by atoms with E-state index in [9.17, 15) is 12.8 Å². The fourth-order valence-corrected chi connectivity index (χ4v) is 5.33. The third-order valence-electron chi connectivity index (χ3n) is 5.11. The normalized spacial score (nSPS) is 13.7. The molecule has 0 fully saturated rings. The van der Waals surface area contributed by atoms with Crippen LogP contribution in [0.5, 0.6) is 11.5 Å². The molecule has 0 saturated carbocycles. The molecule has 1 aromatic carbocycles. The van der Waals surface area contributed by atoms with Gasteiger partial charge in [-0.1, -0.05) is 0 Å². The standard InChI is InChI=1S/C21H27FN6O4S/c1-12-8-14-15(32-11-31-14)9-13(12)10-16-24-17-18(23)25-20(22)26-19(17)28(16)6-5-7-33(29,30)27-21(2,3)4/h8-9,27H,5-7,10-11H2,1-4H3,(H2,23,25,26). The molecule has 0 unspecified atom stereocenters. The van der Waals surface area contributed by atoms with Crippen LogP contribution in [0, 0.1) is 13.0 Å². The zero-order valence-electron chi connectivity index (χ0n) is 19.0.